The maximum absolute atomic E-state index is 12.9. The molecule has 4 aromatic rings. The summed E-state index contributed by atoms with van der Waals surface area (Å²) >= 11 is 0. The van der Waals surface area contributed by atoms with Crippen LogP contribution in [-0.4, -0.2) is 27.6 Å². The van der Waals surface area contributed by atoms with Crippen LogP contribution >= 0.6 is 0 Å². The molecule has 0 bridgehead atoms. The molecular weight excluding hydrogens is 374 g/mol. The number of furan rings is 1. The SMILES string of the molecule is Cc1nn(-c2ccccc2)c(C)c1CCC(=O)N(C)[C@@H](C)c1cc2ccccc2o1. The number of carbonyl (C=O) groups excluding carboxylic acids is 1. The van der Waals surface area contributed by atoms with E-state index in [0.29, 0.717) is 12.8 Å². The lowest BCUT2D eigenvalue weighted by Crippen LogP contribution is -2.29. The lowest BCUT2D eigenvalue weighted by Gasteiger charge is -2.23. The summed E-state index contributed by atoms with van der Waals surface area (Å²) in [7, 11) is 1.84. The van der Waals surface area contributed by atoms with Crippen LogP contribution < -0.4 is 0 Å². The first-order chi connectivity index (χ1) is 14.5. The molecule has 0 saturated carbocycles. The molecule has 2 aromatic heterocycles. The van der Waals surface area contributed by atoms with Crippen LogP contribution in [0.2, 0.25) is 0 Å². The third kappa shape index (κ3) is 3.75. The molecule has 2 heterocycles. The van der Waals surface area contributed by atoms with E-state index < -0.39 is 0 Å². The van der Waals surface area contributed by atoms with Gasteiger partial charge in [-0.1, -0.05) is 36.4 Å². The number of fused-ring (bicyclic) bond motifs is 1. The first-order valence-corrected chi connectivity index (χ1v) is 10.3. The van der Waals surface area contributed by atoms with E-state index in [9.17, 15) is 4.79 Å². The molecule has 0 N–H and O–H groups in total. The van der Waals surface area contributed by atoms with E-state index in [1.807, 2.05) is 86.2 Å². The Morgan fingerprint density at radius 2 is 1.80 bits per heavy atom. The summed E-state index contributed by atoms with van der Waals surface area (Å²) in [6.07, 6.45) is 1.10. The van der Waals surface area contributed by atoms with Gasteiger partial charge in [0.2, 0.25) is 5.91 Å². The second-order valence-electron chi connectivity index (χ2n) is 7.76. The maximum Gasteiger partial charge on any atom is 0.223 e. The zero-order valence-corrected chi connectivity index (χ0v) is 17.9. The minimum atomic E-state index is -0.126. The van der Waals surface area contributed by atoms with Crippen LogP contribution in [0, 0.1) is 13.8 Å². The summed E-state index contributed by atoms with van der Waals surface area (Å²) in [6.45, 7) is 6.07. The highest BCUT2D eigenvalue weighted by atomic mass is 16.3. The minimum Gasteiger partial charge on any atom is -0.459 e. The third-order valence-electron chi connectivity index (χ3n) is 5.86. The average molecular weight is 402 g/mol. The summed E-state index contributed by atoms with van der Waals surface area (Å²) in [5.74, 6) is 0.894. The molecule has 154 valence electrons. The second-order valence-corrected chi connectivity index (χ2v) is 7.76. The zero-order chi connectivity index (χ0) is 21.3. The maximum atomic E-state index is 12.9. The summed E-state index contributed by atoms with van der Waals surface area (Å²) < 4.78 is 7.90. The van der Waals surface area contributed by atoms with E-state index in [2.05, 4.69) is 12.0 Å². The monoisotopic (exact) mass is 401 g/mol. The van der Waals surface area contributed by atoms with Crippen molar-refractivity contribution < 1.29 is 9.21 Å². The number of nitrogens with zero attached hydrogens (tertiary/aromatic N) is 3. The molecule has 2 aromatic carbocycles. The number of amides is 1. The van der Waals surface area contributed by atoms with Crippen LogP contribution in [0.15, 0.2) is 65.1 Å². The van der Waals surface area contributed by atoms with Crippen LogP contribution in [0.1, 0.15) is 42.1 Å². The molecule has 0 aliphatic rings. The van der Waals surface area contributed by atoms with Gasteiger partial charge in [0.15, 0.2) is 0 Å². The number of hydrogen-bond acceptors (Lipinski definition) is 3. The normalized spacial score (nSPS) is 12.3. The van der Waals surface area contributed by atoms with Crippen LogP contribution in [0.3, 0.4) is 0 Å². The molecule has 0 spiro atoms. The van der Waals surface area contributed by atoms with Gasteiger partial charge in [-0.25, -0.2) is 4.68 Å². The summed E-state index contributed by atoms with van der Waals surface area (Å²) in [5.41, 5.74) is 5.07. The smallest absolute Gasteiger partial charge is 0.223 e. The van der Waals surface area contributed by atoms with Crippen molar-refractivity contribution >= 4 is 16.9 Å². The number of carbonyl (C=O) groups is 1. The van der Waals surface area contributed by atoms with Gasteiger partial charge in [-0.2, -0.15) is 5.10 Å². The number of hydrogen-bond donors (Lipinski definition) is 0. The van der Waals surface area contributed by atoms with Crippen LogP contribution in [0.4, 0.5) is 0 Å². The quantitative estimate of drug-likeness (QED) is 0.435. The van der Waals surface area contributed by atoms with Crippen molar-refractivity contribution in [2.75, 3.05) is 7.05 Å². The fourth-order valence-corrected chi connectivity index (χ4v) is 3.88. The van der Waals surface area contributed by atoms with E-state index >= 15 is 0 Å². The van der Waals surface area contributed by atoms with Gasteiger partial charge < -0.3 is 9.32 Å². The largest absolute Gasteiger partial charge is 0.459 e. The van der Waals surface area contributed by atoms with Gasteiger partial charge in [0.25, 0.3) is 0 Å². The van der Waals surface area contributed by atoms with Crippen molar-refractivity contribution in [2.24, 2.45) is 0 Å². The lowest BCUT2D eigenvalue weighted by molar-refractivity contribution is -0.132. The van der Waals surface area contributed by atoms with Crippen molar-refractivity contribution in [3.8, 4) is 5.69 Å². The lowest BCUT2D eigenvalue weighted by atomic mass is 10.1. The Hall–Kier alpha value is -3.34. The Morgan fingerprint density at radius 1 is 1.10 bits per heavy atom. The summed E-state index contributed by atoms with van der Waals surface area (Å²) in [5, 5.41) is 5.74. The number of para-hydroxylation sites is 2. The van der Waals surface area contributed by atoms with Gasteiger partial charge in [0, 0.05) is 24.5 Å². The topological polar surface area (TPSA) is 51.3 Å². The van der Waals surface area contributed by atoms with E-state index in [0.717, 1.165) is 39.4 Å². The van der Waals surface area contributed by atoms with Gasteiger partial charge in [0.1, 0.15) is 11.3 Å². The minimum absolute atomic E-state index is 0.0919. The fraction of sp³-hybridized carbons (Fsp3) is 0.280. The van der Waals surface area contributed by atoms with E-state index in [4.69, 9.17) is 4.42 Å². The van der Waals surface area contributed by atoms with Crippen LogP contribution in [0.5, 0.6) is 0 Å². The molecule has 0 saturated heterocycles. The Labute approximate surface area is 176 Å². The van der Waals surface area contributed by atoms with Gasteiger partial charge in [-0.05, 0) is 57.0 Å². The first kappa shape index (κ1) is 20.0. The molecule has 0 aliphatic carbocycles. The molecule has 0 aliphatic heterocycles. The Kier molecular flexibility index (Phi) is 5.44. The van der Waals surface area contributed by atoms with E-state index in [1.165, 1.54) is 0 Å². The highest BCUT2D eigenvalue weighted by Gasteiger charge is 2.22. The van der Waals surface area contributed by atoms with Gasteiger partial charge in [-0.3, -0.25) is 4.79 Å². The van der Waals surface area contributed by atoms with Crippen molar-refractivity contribution in [3.63, 3.8) is 0 Å². The first-order valence-electron chi connectivity index (χ1n) is 10.3. The molecule has 30 heavy (non-hydrogen) atoms. The molecule has 0 unspecified atom stereocenters. The van der Waals surface area contributed by atoms with E-state index in [-0.39, 0.29) is 11.9 Å². The predicted octanol–water partition coefficient (Wildman–Crippen LogP) is 5.39. The molecule has 0 fully saturated rings. The standard InChI is InChI=1S/C25H27N3O2/c1-17-22(18(2)28(26-17)21-11-6-5-7-12-21)14-15-25(29)27(4)19(3)24-16-20-10-8-9-13-23(20)30-24/h5-13,16,19H,14-15H2,1-4H3/t19-/m0/s1. The number of aryl methyl sites for hydroxylation is 1. The van der Waals surface area contributed by atoms with Crippen LogP contribution in [0.25, 0.3) is 16.7 Å². The number of benzene rings is 2. The molecule has 1 atom stereocenters. The average Bonchev–Trinajstić information content (AvgIpc) is 3.32. The highest BCUT2D eigenvalue weighted by molar-refractivity contribution is 5.79. The molecule has 4 rings (SSSR count). The molecule has 1 amide bonds. The second kappa shape index (κ2) is 8.19. The van der Waals surface area contributed by atoms with Gasteiger partial charge in [0.05, 0.1) is 17.4 Å². The fourth-order valence-electron chi connectivity index (χ4n) is 3.88. The van der Waals surface area contributed by atoms with Gasteiger partial charge >= 0.3 is 0 Å². The Balaban J connectivity index is 1.46. The Bertz CT molecular complexity index is 1140. The molecular formula is C25H27N3O2. The highest BCUT2D eigenvalue weighted by Crippen LogP contribution is 2.27. The zero-order valence-electron chi connectivity index (χ0n) is 17.9. The summed E-state index contributed by atoms with van der Waals surface area (Å²) in [6, 6.07) is 19.9. The van der Waals surface area contributed by atoms with Crippen molar-refractivity contribution in [2.45, 2.75) is 39.7 Å². The number of aromatic nitrogens is 2. The molecule has 0 radical (unpaired) electrons. The molecule has 5 nitrogen and oxygen atoms in total. The van der Waals surface area contributed by atoms with Crippen LogP contribution in [-0.2, 0) is 11.2 Å². The third-order valence-corrected chi connectivity index (χ3v) is 5.86. The van der Waals surface area contributed by atoms with Crippen molar-refractivity contribution in [1.29, 1.82) is 0 Å². The number of rotatable bonds is 6. The molecule has 5 heteroatoms. The van der Waals surface area contributed by atoms with Gasteiger partial charge in [-0.15, -0.1) is 0 Å². The Morgan fingerprint density at radius 3 is 2.53 bits per heavy atom. The summed E-state index contributed by atoms with van der Waals surface area (Å²) in [4.78, 5) is 14.7. The van der Waals surface area contributed by atoms with Crippen molar-refractivity contribution in [1.82, 2.24) is 14.7 Å². The van der Waals surface area contributed by atoms with E-state index in [1.54, 1.807) is 4.90 Å². The van der Waals surface area contributed by atoms with Crippen molar-refractivity contribution in [3.05, 3.63) is 83.4 Å². The predicted molar refractivity (Wildman–Crippen MR) is 119 cm³/mol.